The number of benzene rings is 10. The lowest BCUT2D eigenvalue weighted by Gasteiger charge is -2.22. The van der Waals surface area contributed by atoms with Gasteiger partial charge in [-0.3, -0.25) is 0 Å². The van der Waals surface area contributed by atoms with Gasteiger partial charge in [-0.15, -0.1) is 0 Å². The first-order valence-electron chi connectivity index (χ1n) is 24.7. The normalized spacial score (nSPS) is 11.6. The molecule has 2 aromatic heterocycles. The first-order valence-corrected chi connectivity index (χ1v) is 24.7. The van der Waals surface area contributed by atoms with Crippen LogP contribution < -0.4 is 0 Å². The van der Waals surface area contributed by atoms with Gasteiger partial charge in [0, 0.05) is 27.1 Å². The second-order valence-corrected chi connectivity index (χ2v) is 18.9. The third kappa shape index (κ3) is 8.21. The molecular formula is C67H33F6N7. The van der Waals surface area contributed by atoms with E-state index in [2.05, 4.69) is 26.7 Å². The molecule has 0 bridgehead atoms. The van der Waals surface area contributed by atoms with E-state index in [4.69, 9.17) is 19.7 Å². The highest BCUT2D eigenvalue weighted by Crippen LogP contribution is 2.48. The summed E-state index contributed by atoms with van der Waals surface area (Å²) < 4.78 is 93.0. The molecule has 0 N–H and O–H groups in total. The van der Waals surface area contributed by atoms with Gasteiger partial charge in [-0.2, -0.15) is 36.9 Å². The molecule has 0 unspecified atom stereocenters. The van der Waals surface area contributed by atoms with Crippen LogP contribution in [0.5, 0.6) is 0 Å². The highest BCUT2D eigenvalue weighted by Gasteiger charge is 2.39. The summed E-state index contributed by atoms with van der Waals surface area (Å²) in [6.07, 6.45) is -10.5. The minimum Gasteiger partial charge on any atom is -0.307 e. The first-order chi connectivity index (χ1) is 38.7. The Hall–Kier alpha value is -11.2. The van der Waals surface area contributed by atoms with Crippen molar-refractivity contribution in [2.45, 2.75) is 12.4 Å². The summed E-state index contributed by atoms with van der Waals surface area (Å²) >= 11 is 0. The fourth-order valence-electron chi connectivity index (χ4n) is 10.9. The standard InChI is InChI=1S/C67H33F6N7/c1-76-57-17-9-6-14-47(57)40-21-26-52-53-27-22-41(48-15-7-10-18-58(48)77-2)32-62(53)79(61(52)31-40)64-34-44(38-75)55(50-29-24-45(66(68,69)70)35-56(50)67(71,72)73)36-65(64)80-60-30-39(46-13-5-4-12-43(46)37-74)20-25-51(60)54-28-23-42(33-63(54)80)49-16-8-11-19-59(49)78-3/h4-36H. The summed E-state index contributed by atoms with van der Waals surface area (Å²) in [6.45, 7) is 24.2. The summed E-state index contributed by atoms with van der Waals surface area (Å²) in [5.74, 6) is 0. The van der Waals surface area contributed by atoms with E-state index in [0.29, 0.717) is 117 Å². The Morgan fingerprint density at radius 1 is 0.350 bits per heavy atom. The van der Waals surface area contributed by atoms with Crippen LogP contribution in [0, 0.1) is 42.4 Å². The van der Waals surface area contributed by atoms with Gasteiger partial charge in [-0.25, -0.2) is 14.5 Å². The maximum absolute atomic E-state index is 15.4. The maximum atomic E-state index is 15.4. The van der Waals surface area contributed by atoms with E-state index in [1.165, 1.54) is 12.1 Å². The molecule has 0 saturated carbocycles. The third-order valence-electron chi connectivity index (χ3n) is 14.6. The van der Waals surface area contributed by atoms with E-state index in [-0.39, 0.29) is 28.6 Å². The van der Waals surface area contributed by atoms with Crippen LogP contribution in [0.15, 0.2) is 200 Å². The third-order valence-corrected chi connectivity index (χ3v) is 14.6. The Morgan fingerprint density at radius 2 is 0.725 bits per heavy atom. The summed E-state index contributed by atoms with van der Waals surface area (Å²) in [6, 6.07) is 59.5. The van der Waals surface area contributed by atoms with Crippen LogP contribution >= 0.6 is 0 Å². The second kappa shape index (κ2) is 19.1. The molecule has 0 saturated heterocycles. The highest BCUT2D eigenvalue weighted by atomic mass is 19.4. The zero-order chi connectivity index (χ0) is 55.6. The molecule has 0 aliphatic rings. The quantitative estimate of drug-likeness (QED) is 0.118. The molecule has 0 radical (unpaired) electrons. The minimum atomic E-state index is -5.33. The first kappa shape index (κ1) is 49.7. The van der Waals surface area contributed by atoms with Gasteiger partial charge in [0.05, 0.1) is 87.6 Å². The molecule has 12 aromatic rings. The molecule has 0 spiro atoms. The van der Waals surface area contributed by atoms with Crippen molar-refractivity contribution in [2.24, 2.45) is 0 Å². The van der Waals surface area contributed by atoms with Gasteiger partial charge in [-0.1, -0.05) is 146 Å². The fourth-order valence-corrected chi connectivity index (χ4v) is 10.9. The summed E-state index contributed by atoms with van der Waals surface area (Å²) in [5, 5.41) is 24.4. The fraction of sp³-hybridized carbons (Fsp3) is 0.0299. The number of para-hydroxylation sites is 3. The van der Waals surface area contributed by atoms with Crippen LogP contribution in [-0.4, -0.2) is 9.13 Å². The van der Waals surface area contributed by atoms with Crippen LogP contribution in [0.1, 0.15) is 22.3 Å². The molecular weight excluding hydrogens is 1020 g/mol. The average molecular weight is 1050 g/mol. The van der Waals surface area contributed by atoms with Crippen molar-refractivity contribution in [3.63, 3.8) is 0 Å². The van der Waals surface area contributed by atoms with Gasteiger partial charge in [0.2, 0.25) is 0 Å². The minimum absolute atomic E-state index is 0.0581. The molecule has 7 nitrogen and oxygen atoms in total. The number of hydrogen-bond acceptors (Lipinski definition) is 2. The average Bonchev–Trinajstić information content (AvgIpc) is 4.12. The Kier molecular flexibility index (Phi) is 11.9. The van der Waals surface area contributed by atoms with Gasteiger partial charge in [0.25, 0.3) is 0 Å². The van der Waals surface area contributed by atoms with Gasteiger partial charge in [0.15, 0.2) is 17.1 Å². The smallest absolute Gasteiger partial charge is 0.307 e. The van der Waals surface area contributed by atoms with E-state index >= 15 is 13.2 Å². The number of halogens is 6. The van der Waals surface area contributed by atoms with Crippen LogP contribution in [0.4, 0.5) is 43.4 Å². The lowest BCUT2D eigenvalue weighted by atomic mass is 9.92. The van der Waals surface area contributed by atoms with Gasteiger partial charge >= 0.3 is 12.4 Å². The van der Waals surface area contributed by atoms with Crippen molar-refractivity contribution in [3.05, 3.63) is 257 Å². The number of aromatic nitrogens is 2. The topological polar surface area (TPSA) is 70.5 Å². The Balaban J connectivity index is 1.30. The monoisotopic (exact) mass is 1050 g/mol. The van der Waals surface area contributed by atoms with Gasteiger partial charge in [-0.05, 0) is 105 Å². The number of nitriles is 2. The molecule has 10 aromatic carbocycles. The molecule has 2 heterocycles. The van der Waals surface area contributed by atoms with Crippen molar-refractivity contribution in [2.75, 3.05) is 0 Å². The zero-order valence-electron chi connectivity index (χ0n) is 41.5. The Morgan fingerprint density at radius 3 is 1.11 bits per heavy atom. The maximum Gasteiger partial charge on any atom is 0.417 e. The van der Waals surface area contributed by atoms with E-state index in [1.807, 2.05) is 106 Å². The lowest BCUT2D eigenvalue weighted by molar-refractivity contribution is -0.142. The summed E-state index contributed by atoms with van der Waals surface area (Å²) in [7, 11) is 0. The highest BCUT2D eigenvalue weighted by molar-refractivity contribution is 6.14. The van der Waals surface area contributed by atoms with Crippen LogP contribution in [-0.2, 0) is 12.4 Å². The number of alkyl halides is 6. The molecule has 80 heavy (non-hydrogen) atoms. The van der Waals surface area contributed by atoms with Crippen LogP contribution in [0.2, 0.25) is 0 Å². The summed E-state index contributed by atoms with van der Waals surface area (Å²) in [4.78, 5) is 11.4. The predicted octanol–water partition coefficient (Wildman–Crippen LogP) is 19.6. The molecule has 378 valence electrons. The van der Waals surface area contributed by atoms with Crippen molar-refractivity contribution in [1.82, 2.24) is 9.13 Å². The summed E-state index contributed by atoms with van der Waals surface area (Å²) in [5.41, 5.74) is 4.48. The number of hydrogen-bond donors (Lipinski definition) is 0. The predicted molar refractivity (Wildman–Crippen MR) is 301 cm³/mol. The van der Waals surface area contributed by atoms with Crippen molar-refractivity contribution in [3.8, 4) is 79.1 Å². The lowest BCUT2D eigenvalue weighted by Crippen LogP contribution is -2.13. The van der Waals surface area contributed by atoms with Crippen LogP contribution in [0.25, 0.3) is 125 Å². The van der Waals surface area contributed by atoms with E-state index in [9.17, 15) is 23.7 Å². The molecule has 0 amide bonds. The van der Waals surface area contributed by atoms with Crippen molar-refractivity contribution < 1.29 is 26.3 Å². The van der Waals surface area contributed by atoms with E-state index in [0.717, 1.165) is 6.07 Å². The zero-order valence-corrected chi connectivity index (χ0v) is 41.5. The Labute approximate surface area is 453 Å². The van der Waals surface area contributed by atoms with Crippen molar-refractivity contribution >= 4 is 60.7 Å². The second-order valence-electron chi connectivity index (χ2n) is 18.9. The SMILES string of the molecule is [C-]#[N+]c1ccccc1-c1ccc2c3ccc(-c4ccccc4C#N)cc3n(-c3cc(-c4ccc(C(F)(F)F)cc4C(F)(F)F)c(C#N)cc3-n3c4cc(-c5ccccc5[N+]#[C-])ccc4c4ccc(-c5ccccc5[N+]#[C-])cc43)c2c1. The van der Waals surface area contributed by atoms with Gasteiger partial charge < -0.3 is 9.13 Å². The number of rotatable bonds is 7. The Bertz CT molecular complexity index is 4600. The molecule has 12 rings (SSSR count). The van der Waals surface area contributed by atoms with E-state index in [1.54, 1.807) is 72.8 Å². The van der Waals surface area contributed by atoms with Crippen molar-refractivity contribution in [1.29, 1.82) is 10.5 Å². The molecule has 0 aliphatic carbocycles. The molecule has 0 fully saturated rings. The molecule has 0 atom stereocenters. The van der Waals surface area contributed by atoms with Crippen LogP contribution in [0.3, 0.4) is 0 Å². The molecule has 13 heteroatoms. The molecule has 0 aliphatic heterocycles. The number of nitrogens with zero attached hydrogens (tertiary/aromatic N) is 7. The number of fused-ring (bicyclic) bond motifs is 6. The van der Waals surface area contributed by atoms with Gasteiger partial charge in [0.1, 0.15) is 0 Å². The largest absolute Gasteiger partial charge is 0.417 e. The van der Waals surface area contributed by atoms with E-state index < -0.39 is 29.0 Å².